The number of anilines is 1. The zero-order valence-electron chi connectivity index (χ0n) is 18.3. The van der Waals surface area contributed by atoms with Crippen molar-refractivity contribution in [3.63, 3.8) is 0 Å². The van der Waals surface area contributed by atoms with Crippen LogP contribution in [-0.2, 0) is 10.0 Å². The highest BCUT2D eigenvalue weighted by Gasteiger charge is 2.23. The fraction of sp³-hybridized carbons (Fsp3) is 0.409. The van der Waals surface area contributed by atoms with Crippen molar-refractivity contribution in [1.29, 1.82) is 0 Å². The Bertz CT molecular complexity index is 941. The molecule has 7 nitrogen and oxygen atoms in total. The van der Waals surface area contributed by atoms with Gasteiger partial charge in [-0.2, -0.15) is 0 Å². The highest BCUT2D eigenvalue weighted by atomic mass is 32.2. The van der Waals surface area contributed by atoms with Crippen molar-refractivity contribution in [3.8, 4) is 5.75 Å². The Balaban J connectivity index is 2.17. The summed E-state index contributed by atoms with van der Waals surface area (Å²) in [7, 11) is -0.784. The van der Waals surface area contributed by atoms with Crippen LogP contribution in [0.25, 0.3) is 0 Å². The van der Waals surface area contributed by atoms with E-state index in [9.17, 15) is 13.2 Å². The molecule has 0 aliphatic carbocycles. The summed E-state index contributed by atoms with van der Waals surface area (Å²) in [5.74, 6) is 0.348. The lowest BCUT2D eigenvalue weighted by molar-refractivity contribution is 0.0937. The minimum atomic E-state index is -3.82. The smallest absolute Gasteiger partial charge is 0.264 e. The van der Waals surface area contributed by atoms with Gasteiger partial charge in [-0.15, -0.1) is 0 Å². The van der Waals surface area contributed by atoms with E-state index in [-0.39, 0.29) is 16.8 Å². The summed E-state index contributed by atoms with van der Waals surface area (Å²) in [6.07, 6.45) is 0. The highest BCUT2D eigenvalue weighted by Crippen LogP contribution is 2.24. The number of benzene rings is 2. The zero-order chi connectivity index (χ0) is 22.3. The molecule has 2 aromatic carbocycles. The van der Waals surface area contributed by atoms with Crippen LogP contribution in [0, 0.1) is 0 Å². The molecule has 2 rings (SSSR count). The Morgan fingerprint density at radius 1 is 1.10 bits per heavy atom. The number of likely N-dealkylation sites (N-methyl/N-ethyl adjacent to an activating group) is 1. The van der Waals surface area contributed by atoms with E-state index in [4.69, 9.17) is 4.74 Å². The molecular weight excluding hydrogens is 402 g/mol. The molecule has 0 heterocycles. The molecule has 30 heavy (non-hydrogen) atoms. The third kappa shape index (κ3) is 5.52. The molecule has 0 saturated heterocycles. The molecule has 0 saturated carbocycles. The van der Waals surface area contributed by atoms with Gasteiger partial charge in [-0.05, 0) is 62.5 Å². The van der Waals surface area contributed by atoms with Crippen molar-refractivity contribution in [1.82, 2.24) is 10.2 Å². The number of rotatable bonds is 10. The van der Waals surface area contributed by atoms with Crippen LogP contribution < -0.4 is 14.4 Å². The maximum absolute atomic E-state index is 13.1. The first-order chi connectivity index (χ1) is 14.2. The van der Waals surface area contributed by atoms with E-state index in [1.807, 2.05) is 0 Å². The number of ether oxygens (including phenoxy) is 1. The summed E-state index contributed by atoms with van der Waals surface area (Å²) in [5, 5.41) is 2.90. The molecule has 2 aromatic rings. The van der Waals surface area contributed by atoms with Crippen molar-refractivity contribution in [2.45, 2.75) is 31.7 Å². The molecule has 0 radical (unpaired) electrons. The van der Waals surface area contributed by atoms with Crippen molar-refractivity contribution < 1.29 is 17.9 Å². The van der Waals surface area contributed by atoms with Gasteiger partial charge in [0.15, 0.2) is 0 Å². The molecule has 0 spiro atoms. The Kier molecular flexibility index (Phi) is 8.25. The van der Waals surface area contributed by atoms with Gasteiger partial charge in [0.25, 0.3) is 15.9 Å². The standard InChI is InChI=1S/C22H31N3O4S/c1-6-25(7-2)17(3)16-23-22(26)18-9-8-10-21(15-18)30(27,28)24(4)19-11-13-20(29-5)14-12-19/h8-15,17H,6-7,16H2,1-5H3,(H,23,26). The van der Waals surface area contributed by atoms with E-state index in [0.29, 0.717) is 23.5 Å². The summed E-state index contributed by atoms with van der Waals surface area (Å²) < 4.78 is 32.4. The predicted octanol–water partition coefficient (Wildman–Crippen LogP) is 2.98. The molecule has 1 atom stereocenters. The van der Waals surface area contributed by atoms with Gasteiger partial charge < -0.3 is 10.1 Å². The minimum absolute atomic E-state index is 0.0604. The van der Waals surface area contributed by atoms with Crippen LogP contribution in [0.1, 0.15) is 31.1 Å². The molecule has 1 N–H and O–H groups in total. The van der Waals surface area contributed by atoms with Crippen molar-refractivity contribution in [3.05, 3.63) is 54.1 Å². The number of carbonyl (C=O) groups excluding carboxylic acids is 1. The van der Waals surface area contributed by atoms with Crippen LogP contribution >= 0.6 is 0 Å². The second-order valence-corrected chi connectivity index (χ2v) is 8.95. The Labute approximate surface area is 179 Å². The van der Waals surface area contributed by atoms with Gasteiger partial charge in [-0.25, -0.2) is 8.42 Å². The van der Waals surface area contributed by atoms with Crippen LogP contribution in [0.2, 0.25) is 0 Å². The van der Waals surface area contributed by atoms with Gasteiger partial charge in [-0.1, -0.05) is 19.9 Å². The lowest BCUT2D eigenvalue weighted by Crippen LogP contribution is -2.42. The molecule has 0 bridgehead atoms. The molecule has 1 unspecified atom stereocenters. The third-order valence-electron chi connectivity index (χ3n) is 5.18. The average Bonchev–Trinajstić information content (AvgIpc) is 2.77. The van der Waals surface area contributed by atoms with E-state index in [1.54, 1.807) is 43.5 Å². The van der Waals surface area contributed by atoms with E-state index in [2.05, 4.69) is 31.0 Å². The maximum atomic E-state index is 13.1. The van der Waals surface area contributed by atoms with Gasteiger partial charge in [-0.3, -0.25) is 14.0 Å². The third-order valence-corrected chi connectivity index (χ3v) is 6.97. The summed E-state index contributed by atoms with van der Waals surface area (Å²) in [5.41, 5.74) is 0.810. The molecular formula is C22H31N3O4S. The summed E-state index contributed by atoms with van der Waals surface area (Å²) in [6.45, 7) is 8.50. The van der Waals surface area contributed by atoms with Gasteiger partial charge in [0, 0.05) is 25.2 Å². The lowest BCUT2D eigenvalue weighted by Gasteiger charge is -2.26. The second kappa shape index (κ2) is 10.4. The SMILES string of the molecule is CCN(CC)C(C)CNC(=O)c1cccc(S(=O)(=O)N(C)c2ccc(OC)cc2)c1. The van der Waals surface area contributed by atoms with Gasteiger partial charge in [0.2, 0.25) is 0 Å². The molecule has 164 valence electrons. The van der Waals surface area contributed by atoms with Crippen LogP contribution in [0.4, 0.5) is 5.69 Å². The number of amides is 1. The largest absolute Gasteiger partial charge is 0.497 e. The first-order valence-electron chi connectivity index (χ1n) is 9.99. The van der Waals surface area contributed by atoms with Crippen LogP contribution in [-0.4, -0.2) is 59.1 Å². The van der Waals surface area contributed by atoms with Crippen molar-refractivity contribution >= 4 is 21.6 Å². The van der Waals surface area contributed by atoms with E-state index in [0.717, 1.165) is 13.1 Å². The van der Waals surface area contributed by atoms with Crippen molar-refractivity contribution in [2.75, 3.05) is 38.1 Å². The number of hydrogen-bond acceptors (Lipinski definition) is 5. The predicted molar refractivity (Wildman–Crippen MR) is 120 cm³/mol. The van der Waals surface area contributed by atoms with E-state index >= 15 is 0 Å². The zero-order valence-corrected chi connectivity index (χ0v) is 19.1. The fourth-order valence-corrected chi connectivity index (χ4v) is 4.45. The summed E-state index contributed by atoms with van der Waals surface area (Å²) in [6, 6.07) is 13.0. The molecule has 0 aliphatic rings. The molecule has 1 amide bonds. The average molecular weight is 434 g/mol. The second-order valence-electron chi connectivity index (χ2n) is 6.98. The Morgan fingerprint density at radius 3 is 2.30 bits per heavy atom. The number of hydrogen-bond donors (Lipinski definition) is 1. The fourth-order valence-electron chi connectivity index (χ4n) is 3.21. The van der Waals surface area contributed by atoms with E-state index in [1.165, 1.54) is 23.5 Å². The number of nitrogens with zero attached hydrogens (tertiary/aromatic N) is 2. The van der Waals surface area contributed by atoms with Crippen molar-refractivity contribution in [2.24, 2.45) is 0 Å². The highest BCUT2D eigenvalue weighted by molar-refractivity contribution is 7.92. The number of sulfonamides is 1. The van der Waals surface area contributed by atoms with Gasteiger partial charge in [0.1, 0.15) is 5.75 Å². The molecule has 0 aromatic heterocycles. The summed E-state index contributed by atoms with van der Waals surface area (Å²) >= 11 is 0. The van der Waals surface area contributed by atoms with Crippen LogP contribution in [0.15, 0.2) is 53.4 Å². The first kappa shape index (κ1) is 23.7. The van der Waals surface area contributed by atoms with Crippen LogP contribution in [0.3, 0.4) is 0 Å². The monoisotopic (exact) mass is 433 g/mol. The van der Waals surface area contributed by atoms with Crippen LogP contribution in [0.5, 0.6) is 5.75 Å². The quantitative estimate of drug-likeness (QED) is 0.623. The number of methoxy groups -OCH3 is 1. The number of carbonyl (C=O) groups is 1. The summed E-state index contributed by atoms with van der Waals surface area (Å²) in [4.78, 5) is 14.9. The first-order valence-corrected chi connectivity index (χ1v) is 11.4. The molecule has 8 heteroatoms. The minimum Gasteiger partial charge on any atom is -0.497 e. The Morgan fingerprint density at radius 2 is 1.73 bits per heavy atom. The lowest BCUT2D eigenvalue weighted by atomic mass is 10.2. The number of nitrogens with one attached hydrogen (secondary N) is 1. The Hall–Kier alpha value is -2.58. The normalized spacial score (nSPS) is 12.5. The van der Waals surface area contributed by atoms with Gasteiger partial charge >= 0.3 is 0 Å². The van der Waals surface area contributed by atoms with Gasteiger partial charge in [0.05, 0.1) is 17.7 Å². The maximum Gasteiger partial charge on any atom is 0.264 e. The molecule has 0 aliphatic heterocycles. The molecule has 0 fully saturated rings. The topological polar surface area (TPSA) is 79.0 Å². The van der Waals surface area contributed by atoms with E-state index < -0.39 is 10.0 Å².